The molecule has 2 aromatic carbocycles. The smallest absolute Gasteiger partial charge is 0.339 e. The molecule has 0 atom stereocenters. The van der Waals surface area contributed by atoms with Crippen LogP contribution in [0.4, 0.5) is 0 Å². The van der Waals surface area contributed by atoms with E-state index in [1.807, 2.05) is 24.3 Å². The SMILES string of the molecule is CC(=O)Oc1c(C(=O)O)cccc1-c1ccccc1CBr. The van der Waals surface area contributed by atoms with Gasteiger partial charge in [-0.25, -0.2) is 4.79 Å². The van der Waals surface area contributed by atoms with Crippen molar-refractivity contribution in [2.45, 2.75) is 12.3 Å². The second kappa shape index (κ2) is 6.54. The van der Waals surface area contributed by atoms with Crippen molar-refractivity contribution < 1.29 is 19.4 Å². The Balaban J connectivity index is 2.70. The minimum atomic E-state index is -1.13. The van der Waals surface area contributed by atoms with E-state index >= 15 is 0 Å². The molecule has 0 bridgehead atoms. The molecule has 0 radical (unpaired) electrons. The lowest BCUT2D eigenvalue weighted by Gasteiger charge is -2.14. The third kappa shape index (κ3) is 3.31. The third-order valence-electron chi connectivity index (χ3n) is 2.94. The fraction of sp³-hybridized carbons (Fsp3) is 0.125. The Kier molecular flexibility index (Phi) is 4.75. The first-order valence-electron chi connectivity index (χ1n) is 6.23. The fourth-order valence-corrected chi connectivity index (χ4v) is 2.56. The van der Waals surface area contributed by atoms with Crippen molar-refractivity contribution in [1.82, 2.24) is 0 Å². The molecule has 21 heavy (non-hydrogen) atoms. The Bertz CT molecular complexity index is 694. The number of carboxylic acid groups (broad SMARTS) is 1. The Labute approximate surface area is 130 Å². The summed E-state index contributed by atoms with van der Waals surface area (Å²) in [5, 5.41) is 9.89. The van der Waals surface area contributed by atoms with E-state index in [1.54, 1.807) is 12.1 Å². The van der Waals surface area contributed by atoms with Crippen LogP contribution in [0.25, 0.3) is 11.1 Å². The second-order valence-electron chi connectivity index (χ2n) is 4.37. The van der Waals surface area contributed by atoms with Crippen molar-refractivity contribution in [3.8, 4) is 16.9 Å². The van der Waals surface area contributed by atoms with Gasteiger partial charge in [-0.05, 0) is 17.2 Å². The van der Waals surface area contributed by atoms with Crippen LogP contribution in [0.5, 0.6) is 5.75 Å². The number of aromatic carboxylic acids is 1. The van der Waals surface area contributed by atoms with Gasteiger partial charge in [0.15, 0.2) is 5.75 Å². The number of carbonyl (C=O) groups is 2. The van der Waals surface area contributed by atoms with Crippen molar-refractivity contribution >= 4 is 27.9 Å². The lowest BCUT2D eigenvalue weighted by molar-refractivity contribution is -0.131. The highest BCUT2D eigenvalue weighted by Gasteiger charge is 2.19. The van der Waals surface area contributed by atoms with Crippen LogP contribution in [0.3, 0.4) is 0 Å². The highest BCUT2D eigenvalue weighted by molar-refractivity contribution is 9.08. The predicted octanol–water partition coefficient (Wildman–Crippen LogP) is 3.87. The first kappa shape index (κ1) is 15.3. The number of hydrogen-bond acceptors (Lipinski definition) is 3. The van der Waals surface area contributed by atoms with Gasteiger partial charge in [0.05, 0.1) is 0 Å². The number of carbonyl (C=O) groups excluding carboxylic acids is 1. The number of rotatable bonds is 4. The fourth-order valence-electron chi connectivity index (χ4n) is 2.07. The lowest BCUT2D eigenvalue weighted by Crippen LogP contribution is -2.09. The van der Waals surface area contributed by atoms with Gasteiger partial charge in [-0.1, -0.05) is 52.3 Å². The molecular formula is C16H13BrO4. The Morgan fingerprint density at radius 2 is 1.76 bits per heavy atom. The highest BCUT2D eigenvalue weighted by Crippen LogP contribution is 2.36. The molecule has 0 unspecified atom stereocenters. The number of alkyl halides is 1. The van der Waals surface area contributed by atoms with Crippen molar-refractivity contribution in [1.29, 1.82) is 0 Å². The molecule has 0 aromatic heterocycles. The van der Waals surface area contributed by atoms with E-state index in [9.17, 15) is 14.7 Å². The number of benzene rings is 2. The lowest BCUT2D eigenvalue weighted by atomic mass is 9.97. The number of ether oxygens (including phenoxy) is 1. The maximum atomic E-state index is 11.3. The largest absolute Gasteiger partial charge is 0.478 e. The topological polar surface area (TPSA) is 63.6 Å². The summed E-state index contributed by atoms with van der Waals surface area (Å²) in [6.07, 6.45) is 0. The van der Waals surface area contributed by atoms with Crippen LogP contribution in [0.2, 0.25) is 0 Å². The van der Waals surface area contributed by atoms with E-state index in [1.165, 1.54) is 13.0 Å². The normalized spacial score (nSPS) is 10.2. The maximum absolute atomic E-state index is 11.3. The summed E-state index contributed by atoms with van der Waals surface area (Å²) in [4.78, 5) is 22.6. The van der Waals surface area contributed by atoms with Crippen LogP contribution in [0.1, 0.15) is 22.8 Å². The van der Waals surface area contributed by atoms with Crippen molar-refractivity contribution in [2.24, 2.45) is 0 Å². The van der Waals surface area contributed by atoms with Gasteiger partial charge in [0.1, 0.15) is 5.56 Å². The summed E-state index contributed by atoms with van der Waals surface area (Å²) in [5.41, 5.74) is 2.36. The van der Waals surface area contributed by atoms with E-state index in [0.717, 1.165) is 11.1 Å². The summed E-state index contributed by atoms with van der Waals surface area (Å²) in [7, 11) is 0. The van der Waals surface area contributed by atoms with Crippen LogP contribution in [-0.4, -0.2) is 17.0 Å². The van der Waals surface area contributed by atoms with Gasteiger partial charge in [-0.15, -0.1) is 0 Å². The molecule has 0 spiro atoms. The van der Waals surface area contributed by atoms with Gasteiger partial charge < -0.3 is 9.84 Å². The molecule has 0 amide bonds. The summed E-state index contributed by atoms with van der Waals surface area (Å²) >= 11 is 3.40. The first-order chi connectivity index (χ1) is 10.0. The molecular weight excluding hydrogens is 336 g/mol. The zero-order valence-corrected chi connectivity index (χ0v) is 12.9. The van der Waals surface area contributed by atoms with E-state index in [-0.39, 0.29) is 11.3 Å². The van der Waals surface area contributed by atoms with Gasteiger partial charge in [-0.3, -0.25) is 4.79 Å². The average Bonchev–Trinajstić information content (AvgIpc) is 2.46. The van der Waals surface area contributed by atoms with Crippen molar-refractivity contribution in [3.05, 3.63) is 53.6 Å². The van der Waals surface area contributed by atoms with Gasteiger partial charge >= 0.3 is 11.9 Å². The molecule has 0 saturated carbocycles. The molecule has 0 saturated heterocycles. The molecule has 0 heterocycles. The van der Waals surface area contributed by atoms with Crippen LogP contribution in [-0.2, 0) is 10.1 Å². The number of halogens is 1. The third-order valence-corrected chi connectivity index (χ3v) is 3.55. The maximum Gasteiger partial charge on any atom is 0.339 e. The molecule has 5 heteroatoms. The van der Waals surface area contributed by atoms with Gasteiger partial charge in [0.2, 0.25) is 0 Å². The molecule has 4 nitrogen and oxygen atoms in total. The standard InChI is InChI=1S/C16H13BrO4/c1-10(18)21-15-13(7-4-8-14(15)16(19)20)12-6-3-2-5-11(12)9-17/h2-8H,9H2,1H3,(H,19,20). The zero-order chi connectivity index (χ0) is 15.4. The molecule has 0 aliphatic carbocycles. The van der Waals surface area contributed by atoms with E-state index in [0.29, 0.717) is 10.9 Å². The van der Waals surface area contributed by atoms with Crippen LogP contribution < -0.4 is 4.74 Å². The monoisotopic (exact) mass is 348 g/mol. The van der Waals surface area contributed by atoms with Crippen LogP contribution in [0, 0.1) is 0 Å². The van der Waals surface area contributed by atoms with Gasteiger partial charge in [-0.2, -0.15) is 0 Å². The summed E-state index contributed by atoms with van der Waals surface area (Å²) in [5.74, 6) is -1.61. The highest BCUT2D eigenvalue weighted by atomic mass is 79.9. The molecule has 2 aromatic rings. The Morgan fingerprint density at radius 3 is 2.38 bits per heavy atom. The Morgan fingerprint density at radius 1 is 1.10 bits per heavy atom. The number of hydrogen-bond donors (Lipinski definition) is 1. The van der Waals surface area contributed by atoms with Crippen LogP contribution in [0.15, 0.2) is 42.5 Å². The van der Waals surface area contributed by atoms with Crippen molar-refractivity contribution in [3.63, 3.8) is 0 Å². The molecule has 1 N–H and O–H groups in total. The first-order valence-corrected chi connectivity index (χ1v) is 7.35. The Hall–Kier alpha value is -2.14. The minimum Gasteiger partial charge on any atom is -0.478 e. The summed E-state index contributed by atoms with van der Waals surface area (Å²) in [6.45, 7) is 1.25. The van der Waals surface area contributed by atoms with Gasteiger partial charge in [0, 0.05) is 17.8 Å². The van der Waals surface area contributed by atoms with Crippen LogP contribution >= 0.6 is 15.9 Å². The van der Waals surface area contributed by atoms with Crippen molar-refractivity contribution in [2.75, 3.05) is 0 Å². The summed E-state index contributed by atoms with van der Waals surface area (Å²) in [6, 6.07) is 12.3. The van der Waals surface area contributed by atoms with E-state index in [2.05, 4.69) is 15.9 Å². The number of para-hydroxylation sites is 1. The van der Waals surface area contributed by atoms with E-state index < -0.39 is 11.9 Å². The molecule has 0 aliphatic rings. The molecule has 108 valence electrons. The minimum absolute atomic E-state index is 0.0351. The molecule has 2 rings (SSSR count). The van der Waals surface area contributed by atoms with Gasteiger partial charge in [0.25, 0.3) is 0 Å². The second-order valence-corrected chi connectivity index (χ2v) is 4.93. The average molecular weight is 349 g/mol. The summed E-state index contributed by atoms with van der Waals surface area (Å²) < 4.78 is 5.16. The number of esters is 1. The molecule has 0 aliphatic heterocycles. The van der Waals surface area contributed by atoms with E-state index in [4.69, 9.17) is 4.74 Å². The number of carboxylic acids is 1. The predicted molar refractivity (Wildman–Crippen MR) is 82.8 cm³/mol. The zero-order valence-electron chi connectivity index (χ0n) is 11.3. The quantitative estimate of drug-likeness (QED) is 0.517. The molecule has 0 fully saturated rings.